The molecule has 0 aliphatic carbocycles. The molecule has 1 N–H and O–H groups in total. The molecular weight excluding hydrogens is 376 g/mol. The zero-order chi connectivity index (χ0) is 20.8. The molecule has 2 bridgehead atoms. The lowest BCUT2D eigenvalue weighted by molar-refractivity contribution is 0.165. The van der Waals surface area contributed by atoms with Gasteiger partial charge in [0.2, 0.25) is 0 Å². The van der Waals surface area contributed by atoms with E-state index in [2.05, 4.69) is 33.8 Å². The van der Waals surface area contributed by atoms with Gasteiger partial charge in [-0.1, -0.05) is 12.1 Å². The summed E-state index contributed by atoms with van der Waals surface area (Å²) < 4.78 is 7.75. The van der Waals surface area contributed by atoms with Crippen LogP contribution in [0.5, 0.6) is 11.5 Å². The van der Waals surface area contributed by atoms with Crippen LogP contribution in [0.2, 0.25) is 0 Å². The molecule has 4 heterocycles. The second kappa shape index (κ2) is 7.43. The Hall–Kier alpha value is -2.86. The van der Waals surface area contributed by atoms with Gasteiger partial charge in [0.25, 0.3) is 0 Å². The van der Waals surface area contributed by atoms with Gasteiger partial charge in [0, 0.05) is 48.4 Å². The Bertz CT molecular complexity index is 1120. The Labute approximate surface area is 176 Å². The predicted octanol–water partition coefficient (Wildman–Crippen LogP) is 4.13. The molecule has 30 heavy (non-hydrogen) atoms. The number of aryl methyl sites for hydroxylation is 1. The van der Waals surface area contributed by atoms with E-state index in [-0.39, 0.29) is 5.75 Å². The van der Waals surface area contributed by atoms with E-state index in [1.165, 1.54) is 17.7 Å². The van der Waals surface area contributed by atoms with Gasteiger partial charge in [0.05, 0.1) is 18.0 Å². The van der Waals surface area contributed by atoms with Gasteiger partial charge in [-0.15, -0.1) is 6.58 Å². The van der Waals surface area contributed by atoms with Gasteiger partial charge in [0.15, 0.2) is 17.1 Å². The summed E-state index contributed by atoms with van der Waals surface area (Å²) in [6.45, 7) is 9.14. The minimum Gasteiger partial charge on any atom is -0.504 e. The van der Waals surface area contributed by atoms with E-state index in [0.717, 1.165) is 41.9 Å². The van der Waals surface area contributed by atoms with Gasteiger partial charge in [-0.3, -0.25) is 4.90 Å². The maximum Gasteiger partial charge on any atom is 0.161 e. The SMILES string of the molecule is C=CCc1cc(CN2C3CCC2c2cnc4cc(C)nn4c2C3)cc(OCC)c1O. The van der Waals surface area contributed by atoms with Gasteiger partial charge in [-0.25, -0.2) is 9.50 Å². The number of nitrogens with zero attached hydrogens (tertiary/aromatic N) is 4. The number of hydrogen-bond donors (Lipinski definition) is 1. The first-order valence-electron chi connectivity index (χ1n) is 10.8. The second-order valence-corrected chi connectivity index (χ2v) is 8.37. The topological polar surface area (TPSA) is 62.9 Å². The summed E-state index contributed by atoms with van der Waals surface area (Å²) in [7, 11) is 0. The van der Waals surface area contributed by atoms with Crippen LogP contribution in [0.4, 0.5) is 0 Å². The van der Waals surface area contributed by atoms with Gasteiger partial charge >= 0.3 is 0 Å². The summed E-state index contributed by atoms with van der Waals surface area (Å²) in [6, 6.07) is 6.96. The molecule has 6 nitrogen and oxygen atoms in total. The van der Waals surface area contributed by atoms with Crippen LogP contribution in [0, 0.1) is 6.92 Å². The Morgan fingerprint density at radius 2 is 2.17 bits per heavy atom. The molecule has 2 aromatic heterocycles. The number of benzene rings is 1. The van der Waals surface area contributed by atoms with E-state index in [9.17, 15) is 5.11 Å². The molecule has 0 radical (unpaired) electrons. The lowest BCUT2D eigenvalue weighted by Gasteiger charge is -2.36. The Morgan fingerprint density at radius 1 is 1.30 bits per heavy atom. The standard InChI is InChI=1S/C24H28N4O2/c1-4-6-17-10-16(11-22(24(17)29)30-5-2)14-27-18-7-8-20(27)19-13-25-23-9-15(3)26-28(23)21(19)12-18/h4,9-11,13,18,20,29H,1,5-8,12,14H2,2-3H3. The molecule has 2 unspecified atom stereocenters. The van der Waals surface area contributed by atoms with Crippen molar-refractivity contribution in [2.45, 2.75) is 58.2 Å². The van der Waals surface area contributed by atoms with Crippen LogP contribution in [-0.4, -0.2) is 37.3 Å². The largest absolute Gasteiger partial charge is 0.504 e. The summed E-state index contributed by atoms with van der Waals surface area (Å²) in [6.07, 6.45) is 7.80. The Kier molecular flexibility index (Phi) is 4.74. The molecule has 1 fully saturated rings. The number of aromatic nitrogens is 3. The van der Waals surface area contributed by atoms with E-state index in [4.69, 9.17) is 4.74 Å². The minimum atomic E-state index is 0.230. The summed E-state index contributed by atoms with van der Waals surface area (Å²) in [5.41, 5.74) is 6.59. The number of hydrogen-bond acceptors (Lipinski definition) is 5. The van der Waals surface area contributed by atoms with Crippen LogP contribution in [0.1, 0.15) is 53.9 Å². The van der Waals surface area contributed by atoms with Crippen molar-refractivity contribution >= 4 is 5.65 Å². The van der Waals surface area contributed by atoms with Gasteiger partial charge in [-0.2, -0.15) is 5.10 Å². The fourth-order valence-corrected chi connectivity index (χ4v) is 5.15. The molecule has 3 aromatic rings. The van der Waals surface area contributed by atoms with Crippen LogP contribution in [0.25, 0.3) is 5.65 Å². The van der Waals surface area contributed by atoms with Gasteiger partial charge in [-0.05, 0) is 44.7 Å². The van der Waals surface area contributed by atoms with Crippen molar-refractivity contribution in [1.29, 1.82) is 0 Å². The number of phenols is 1. The number of aromatic hydroxyl groups is 1. The molecule has 0 saturated carbocycles. The van der Waals surface area contributed by atoms with Crippen LogP contribution < -0.4 is 4.74 Å². The maximum absolute atomic E-state index is 10.5. The first-order valence-corrected chi connectivity index (χ1v) is 10.8. The summed E-state index contributed by atoms with van der Waals surface area (Å²) >= 11 is 0. The molecule has 0 amide bonds. The zero-order valence-electron chi connectivity index (χ0n) is 17.6. The van der Waals surface area contributed by atoms with E-state index >= 15 is 0 Å². The number of allylic oxidation sites excluding steroid dienone is 1. The third-order valence-electron chi connectivity index (χ3n) is 6.41. The van der Waals surface area contributed by atoms with Crippen LogP contribution >= 0.6 is 0 Å². The van der Waals surface area contributed by atoms with Crippen LogP contribution in [0.15, 0.2) is 37.1 Å². The zero-order valence-corrected chi connectivity index (χ0v) is 17.6. The first kappa shape index (κ1) is 19.1. The van der Waals surface area contributed by atoms with Crippen molar-refractivity contribution in [3.8, 4) is 11.5 Å². The molecule has 1 saturated heterocycles. The van der Waals surface area contributed by atoms with Crippen molar-refractivity contribution in [2.75, 3.05) is 6.61 Å². The molecule has 6 heteroatoms. The van der Waals surface area contributed by atoms with E-state index < -0.39 is 0 Å². The van der Waals surface area contributed by atoms with Crippen molar-refractivity contribution in [3.63, 3.8) is 0 Å². The number of phenolic OH excluding ortho intramolecular Hbond substituents is 1. The van der Waals surface area contributed by atoms with Crippen molar-refractivity contribution in [3.05, 3.63) is 65.1 Å². The second-order valence-electron chi connectivity index (χ2n) is 8.37. The summed E-state index contributed by atoms with van der Waals surface area (Å²) in [5, 5.41) is 15.2. The number of fused-ring (bicyclic) bond motifs is 6. The highest BCUT2D eigenvalue weighted by Gasteiger charge is 2.41. The highest BCUT2D eigenvalue weighted by molar-refractivity contribution is 5.49. The Balaban J connectivity index is 1.49. The molecule has 2 atom stereocenters. The Morgan fingerprint density at radius 3 is 2.97 bits per heavy atom. The highest BCUT2D eigenvalue weighted by atomic mass is 16.5. The average Bonchev–Trinajstić information content (AvgIpc) is 3.23. The first-order chi connectivity index (χ1) is 14.6. The van der Waals surface area contributed by atoms with E-state index in [1.54, 1.807) is 0 Å². The average molecular weight is 405 g/mol. The van der Waals surface area contributed by atoms with Crippen molar-refractivity contribution in [1.82, 2.24) is 19.5 Å². The van der Waals surface area contributed by atoms with Crippen LogP contribution in [-0.2, 0) is 19.4 Å². The monoisotopic (exact) mass is 404 g/mol. The molecule has 156 valence electrons. The fraction of sp³-hybridized carbons (Fsp3) is 0.417. The lowest BCUT2D eigenvalue weighted by atomic mass is 9.97. The van der Waals surface area contributed by atoms with Crippen molar-refractivity contribution < 1.29 is 9.84 Å². The third kappa shape index (κ3) is 3.06. The quantitative estimate of drug-likeness (QED) is 0.626. The maximum atomic E-state index is 10.5. The molecule has 1 aromatic carbocycles. The lowest BCUT2D eigenvalue weighted by Crippen LogP contribution is -2.38. The third-order valence-corrected chi connectivity index (χ3v) is 6.41. The molecule has 2 aliphatic rings. The van der Waals surface area contributed by atoms with Gasteiger partial charge in [0.1, 0.15) is 0 Å². The fourth-order valence-electron chi connectivity index (χ4n) is 5.15. The summed E-state index contributed by atoms with van der Waals surface area (Å²) in [4.78, 5) is 7.26. The molecule has 5 rings (SSSR count). The van der Waals surface area contributed by atoms with Crippen molar-refractivity contribution in [2.24, 2.45) is 0 Å². The van der Waals surface area contributed by atoms with Crippen LogP contribution in [0.3, 0.4) is 0 Å². The van der Waals surface area contributed by atoms with Gasteiger partial charge < -0.3 is 9.84 Å². The number of ether oxygens (including phenoxy) is 1. The highest BCUT2D eigenvalue weighted by Crippen LogP contribution is 2.45. The normalized spacial score (nSPS) is 20.5. The molecular formula is C24H28N4O2. The van der Waals surface area contributed by atoms with E-state index in [0.29, 0.717) is 30.9 Å². The minimum absolute atomic E-state index is 0.230. The molecule has 2 aliphatic heterocycles. The molecule has 0 spiro atoms. The predicted molar refractivity (Wildman–Crippen MR) is 116 cm³/mol. The van der Waals surface area contributed by atoms with E-state index in [1.807, 2.05) is 36.6 Å². The smallest absolute Gasteiger partial charge is 0.161 e. The number of rotatable bonds is 6. The summed E-state index contributed by atoms with van der Waals surface area (Å²) in [5.74, 6) is 0.792.